The van der Waals surface area contributed by atoms with Gasteiger partial charge in [0.05, 0.1) is 11.4 Å². The molecule has 0 radical (unpaired) electrons. The number of H-pyrrole nitrogens is 1. The zero-order valence-electron chi connectivity index (χ0n) is 14.8. The standard InChI is InChI=1S/C25H18N2/c1-3-11-19(12-4-1)23-24(20-13-5-2-6-14-20)27-25(26-23)22-17-9-15-18-10-7-8-16-21(18)22/h1-17H,(H,26,27). The van der Waals surface area contributed by atoms with Crippen LogP contribution in [0.5, 0.6) is 0 Å². The molecule has 5 aromatic rings. The Balaban J connectivity index is 1.76. The van der Waals surface area contributed by atoms with Gasteiger partial charge >= 0.3 is 0 Å². The Kier molecular flexibility index (Phi) is 3.80. The predicted octanol–water partition coefficient (Wildman–Crippen LogP) is 6.56. The monoisotopic (exact) mass is 346 g/mol. The number of aromatic nitrogens is 2. The molecule has 0 saturated heterocycles. The van der Waals surface area contributed by atoms with Crippen LogP contribution in [0.4, 0.5) is 0 Å². The number of benzene rings is 4. The van der Waals surface area contributed by atoms with E-state index in [0.29, 0.717) is 0 Å². The summed E-state index contributed by atoms with van der Waals surface area (Å²) in [5.41, 5.74) is 5.39. The molecular weight excluding hydrogens is 328 g/mol. The van der Waals surface area contributed by atoms with Gasteiger partial charge in [-0.25, -0.2) is 4.98 Å². The van der Waals surface area contributed by atoms with Crippen molar-refractivity contribution in [3.8, 4) is 33.9 Å². The topological polar surface area (TPSA) is 28.7 Å². The minimum Gasteiger partial charge on any atom is -0.337 e. The highest BCUT2D eigenvalue weighted by Crippen LogP contribution is 2.35. The van der Waals surface area contributed by atoms with Crippen molar-refractivity contribution in [1.29, 1.82) is 0 Å². The highest BCUT2D eigenvalue weighted by molar-refractivity contribution is 5.96. The van der Waals surface area contributed by atoms with Crippen LogP contribution < -0.4 is 0 Å². The molecule has 0 amide bonds. The lowest BCUT2D eigenvalue weighted by atomic mass is 10.0. The maximum absolute atomic E-state index is 5.02. The van der Waals surface area contributed by atoms with E-state index >= 15 is 0 Å². The molecule has 1 aromatic heterocycles. The summed E-state index contributed by atoms with van der Waals surface area (Å²) in [6.07, 6.45) is 0. The Morgan fingerprint density at radius 1 is 0.556 bits per heavy atom. The van der Waals surface area contributed by atoms with Crippen molar-refractivity contribution in [3.05, 3.63) is 103 Å². The van der Waals surface area contributed by atoms with E-state index in [1.165, 1.54) is 10.8 Å². The average molecular weight is 346 g/mol. The van der Waals surface area contributed by atoms with Gasteiger partial charge in [-0.05, 0) is 10.8 Å². The first-order valence-corrected chi connectivity index (χ1v) is 9.09. The number of hydrogen-bond acceptors (Lipinski definition) is 1. The first kappa shape index (κ1) is 15.6. The Morgan fingerprint density at radius 2 is 1.19 bits per heavy atom. The number of rotatable bonds is 3. The molecule has 0 fully saturated rings. The number of aromatic amines is 1. The van der Waals surface area contributed by atoms with Gasteiger partial charge in [-0.2, -0.15) is 0 Å². The molecule has 0 saturated carbocycles. The van der Waals surface area contributed by atoms with Crippen LogP contribution in [0.1, 0.15) is 0 Å². The molecule has 128 valence electrons. The van der Waals surface area contributed by atoms with Gasteiger partial charge in [0.25, 0.3) is 0 Å². The van der Waals surface area contributed by atoms with Crippen LogP contribution in [0.15, 0.2) is 103 Å². The fraction of sp³-hybridized carbons (Fsp3) is 0. The average Bonchev–Trinajstić information content (AvgIpc) is 3.20. The van der Waals surface area contributed by atoms with E-state index in [1.807, 2.05) is 12.1 Å². The summed E-state index contributed by atoms with van der Waals surface area (Å²) in [7, 11) is 0. The minimum absolute atomic E-state index is 0.893. The van der Waals surface area contributed by atoms with Gasteiger partial charge in [-0.3, -0.25) is 0 Å². The Bertz CT molecular complexity index is 1140. The maximum atomic E-state index is 5.02. The van der Waals surface area contributed by atoms with Crippen LogP contribution >= 0.6 is 0 Å². The lowest BCUT2D eigenvalue weighted by Gasteiger charge is -2.03. The summed E-state index contributed by atoms with van der Waals surface area (Å²) in [6.45, 7) is 0. The van der Waals surface area contributed by atoms with E-state index in [9.17, 15) is 0 Å². The molecule has 1 N–H and O–H groups in total. The number of nitrogens with zero attached hydrogens (tertiary/aromatic N) is 1. The summed E-state index contributed by atoms with van der Waals surface area (Å²) in [5, 5.41) is 2.42. The van der Waals surface area contributed by atoms with Crippen LogP contribution in [0.25, 0.3) is 44.7 Å². The summed E-state index contributed by atoms with van der Waals surface area (Å²) in [5.74, 6) is 0.893. The first-order valence-electron chi connectivity index (χ1n) is 9.09. The first-order chi connectivity index (χ1) is 13.4. The van der Waals surface area contributed by atoms with Crippen molar-refractivity contribution in [2.24, 2.45) is 0 Å². The molecule has 0 atom stereocenters. The molecule has 0 aliphatic rings. The molecule has 4 aromatic carbocycles. The molecule has 5 rings (SSSR count). The fourth-order valence-corrected chi connectivity index (χ4v) is 3.55. The minimum atomic E-state index is 0.893. The lowest BCUT2D eigenvalue weighted by Crippen LogP contribution is -1.83. The van der Waals surface area contributed by atoms with Crippen LogP contribution in [0.3, 0.4) is 0 Å². The number of fused-ring (bicyclic) bond motifs is 1. The van der Waals surface area contributed by atoms with Gasteiger partial charge in [-0.1, -0.05) is 103 Å². The Hall–Kier alpha value is -3.65. The van der Waals surface area contributed by atoms with Gasteiger partial charge < -0.3 is 4.98 Å². The van der Waals surface area contributed by atoms with Gasteiger partial charge in [0.15, 0.2) is 0 Å². The van der Waals surface area contributed by atoms with Crippen LogP contribution in [0, 0.1) is 0 Å². The van der Waals surface area contributed by atoms with Crippen molar-refractivity contribution in [3.63, 3.8) is 0 Å². The van der Waals surface area contributed by atoms with Crippen molar-refractivity contribution >= 4 is 10.8 Å². The van der Waals surface area contributed by atoms with Crippen LogP contribution in [0.2, 0.25) is 0 Å². The van der Waals surface area contributed by atoms with Crippen molar-refractivity contribution < 1.29 is 0 Å². The normalized spacial score (nSPS) is 11.0. The highest BCUT2D eigenvalue weighted by Gasteiger charge is 2.16. The van der Waals surface area contributed by atoms with Gasteiger partial charge in [0.2, 0.25) is 0 Å². The molecule has 1 heterocycles. The predicted molar refractivity (Wildman–Crippen MR) is 112 cm³/mol. The Labute approximate surface area is 158 Å². The van der Waals surface area contributed by atoms with Crippen LogP contribution in [-0.4, -0.2) is 9.97 Å². The Morgan fingerprint density at radius 3 is 1.96 bits per heavy atom. The van der Waals surface area contributed by atoms with Gasteiger partial charge in [-0.15, -0.1) is 0 Å². The molecule has 0 bridgehead atoms. The molecule has 27 heavy (non-hydrogen) atoms. The van der Waals surface area contributed by atoms with Gasteiger partial charge in [0, 0.05) is 16.7 Å². The lowest BCUT2D eigenvalue weighted by molar-refractivity contribution is 1.32. The van der Waals surface area contributed by atoms with E-state index in [-0.39, 0.29) is 0 Å². The van der Waals surface area contributed by atoms with E-state index in [1.54, 1.807) is 0 Å². The molecule has 0 aliphatic carbocycles. The molecular formula is C25H18N2. The largest absolute Gasteiger partial charge is 0.337 e. The highest BCUT2D eigenvalue weighted by atomic mass is 14.9. The zero-order chi connectivity index (χ0) is 18.1. The van der Waals surface area contributed by atoms with Gasteiger partial charge in [0.1, 0.15) is 5.82 Å². The van der Waals surface area contributed by atoms with E-state index in [0.717, 1.165) is 33.9 Å². The number of hydrogen-bond donors (Lipinski definition) is 1. The van der Waals surface area contributed by atoms with Crippen molar-refractivity contribution in [2.45, 2.75) is 0 Å². The maximum Gasteiger partial charge on any atom is 0.139 e. The third kappa shape index (κ3) is 2.81. The third-order valence-electron chi connectivity index (χ3n) is 4.86. The van der Waals surface area contributed by atoms with E-state index in [4.69, 9.17) is 4.98 Å². The molecule has 2 heteroatoms. The SMILES string of the molecule is c1ccc(-c2nc(-c3cccc4ccccc34)[nH]c2-c2ccccc2)cc1. The summed E-state index contributed by atoms with van der Waals surface area (Å²) < 4.78 is 0. The smallest absolute Gasteiger partial charge is 0.139 e. The molecule has 0 unspecified atom stereocenters. The fourth-order valence-electron chi connectivity index (χ4n) is 3.55. The second-order valence-corrected chi connectivity index (χ2v) is 6.57. The second-order valence-electron chi connectivity index (χ2n) is 6.57. The second kappa shape index (κ2) is 6.58. The summed E-state index contributed by atoms with van der Waals surface area (Å²) in [4.78, 5) is 8.62. The number of imidazole rings is 1. The molecule has 0 spiro atoms. The van der Waals surface area contributed by atoms with E-state index in [2.05, 4.69) is 96.0 Å². The quantitative estimate of drug-likeness (QED) is 0.393. The van der Waals surface area contributed by atoms with E-state index < -0.39 is 0 Å². The van der Waals surface area contributed by atoms with Crippen molar-refractivity contribution in [2.75, 3.05) is 0 Å². The van der Waals surface area contributed by atoms with Crippen LogP contribution in [-0.2, 0) is 0 Å². The summed E-state index contributed by atoms with van der Waals surface area (Å²) in [6, 6.07) is 35.5. The number of nitrogens with one attached hydrogen (secondary N) is 1. The third-order valence-corrected chi connectivity index (χ3v) is 4.86. The molecule has 2 nitrogen and oxygen atoms in total. The molecule has 0 aliphatic heterocycles. The zero-order valence-corrected chi connectivity index (χ0v) is 14.8. The van der Waals surface area contributed by atoms with Crippen molar-refractivity contribution in [1.82, 2.24) is 9.97 Å². The summed E-state index contributed by atoms with van der Waals surface area (Å²) >= 11 is 0.